The van der Waals surface area contributed by atoms with Gasteiger partial charge in [-0.25, -0.2) is 10.6 Å². The lowest BCUT2D eigenvalue weighted by atomic mass is 9.93. The molecule has 0 unspecified atom stereocenters. The highest BCUT2D eigenvalue weighted by Gasteiger charge is 2.28. The van der Waals surface area contributed by atoms with Crippen molar-refractivity contribution < 1.29 is 14.3 Å². The summed E-state index contributed by atoms with van der Waals surface area (Å²) in [5.41, 5.74) is 5.87. The maximum absolute atomic E-state index is 13.9. The number of allylic oxidation sites excluding steroid dienone is 2. The number of nitrogens with one attached hydrogen (secondary N) is 1. The average molecular weight is 659 g/mol. The largest absolute Gasteiger partial charge is 0.493 e. The van der Waals surface area contributed by atoms with Crippen LogP contribution in [0.5, 0.6) is 5.75 Å². The maximum Gasteiger partial charge on any atom is 0.355 e. The number of esters is 1. The van der Waals surface area contributed by atoms with Gasteiger partial charge in [0.05, 0.1) is 23.8 Å². The molecule has 7 nitrogen and oxygen atoms in total. The summed E-state index contributed by atoms with van der Waals surface area (Å²) < 4.78 is 14.3. The Morgan fingerprint density at radius 1 is 0.957 bits per heavy atom. The molecule has 0 atom stereocenters. The van der Waals surface area contributed by atoms with E-state index in [1.807, 2.05) is 44.3 Å². The van der Waals surface area contributed by atoms with Gasteiger partial charge in [0.25, 0.3) is 0 Å². The third kappa shape index (κ3) is 8.14. The van der Waals surface area contributed by atoms with Gasteiger partial charge >= 0.3 is 5.97 Å². The van der Waals surface area contributed by atoms with Crippen molar-refractivity contribution in [2.45, 2.75) is 84.6 Å². The van der Waals surface area contributed by atoms with Gasteiger partial charge in [0.1, 0.15) is 11.4 Å². The molecule has 0 amide bonds. The van der Waals surface area contributed by atoms with E-state index in [0.29, 0.717) is 36.9 Å². The number of hydrogen-bond acceptors (Lipinski definition) is 6. The quantitative estimate of drug-likeness (QED) is 0.0809. The molecule has 0 saturated carbocycles. The van der Waals surface area contributed by atoms with Gasteiger partial charge in [-0.3, -0.25) is 0 Å². The summed E-state index contributed by atoms with van der Waals surface area (Å²) in [5, 5.41) is 9.35. The fourth-order valence-electron chi connectivity index (χ4n) is 7.08. The Morgan fingerprint density at radius 2 is 1.72 bits per heavy atom. The summed E-state index contributed by atoms with van der Waals surface area (Å²) in [6.07, 6.45) is 9.54. The van der Waals surface area contributed by atoms with Gasteiger partial charge in [-0.2, -0.15) is 0 Å². The smallest absolute Gasteiger partial charge is 0.355 e. The Labute approximate surface area is 285 Å². The monoisotopic (exact) mass is 658 g/mol. The Kier molecular flexibility index (Phi) is 12.6. The summed E-state index contributed by atoms with van der Waals surface area (Å²) in [4.78, 5) is 13.9. The van der Waals surface area contributed by atoms with Crippen molar-refractivity contribution in [3.05, 3.63) is 82.1 Å². The minimum Gasteiger partial charge on any atom is -0.493 e. The molecule has 0 saturated heterocycles. The summed E-state index contributed by atoms with van der Waals surface area (Å²) in [6.45, 7) is 7.54. The van der Waals surface area contributed by atoms with Crippen molar-refractivity contribution in [1.29, 1.82) is 0 Å². The fraction of sp³-hybridized carbons (Fsp3) is 0.462. The minimum absolute atomic E-state index is 0.288. The summed E-state index contributed by atoms with van der Waals surface area (Å²) in [6, 6.07) is 18.5. The lowest BCUT2D eigenvalue weighted by Crippen LogP contribution is -2.26. The van der Waals surface area contributed by atoms with Crippen LogP contribution < -0.4 is 15.9 Å². The van der Waals surface area contributed by atoms with Gasteiger partial charge in [-0.1, -0.05) is 73.8 Å². The number of aryl methyl sites for hydroxylation is 2. The number of hydrazine groups is 1. The summed E-state index contributed by atoms with van der Waals surface area (Å²) in [5.74, 6) is 7.06. The number of ether oxygens (including phenoxy) is 2. The number of nitrogens with two attached hydrogens (primary N) is 1. The number of carbonyl (C=O) groups excluding carboxylic acids is 1. The Hall–Kier alpha value is -3.52. The van der Waals surface area contributed by atoms with Crippen LogP contribution in [-0.2, 0) is 17.7 Å². The number of fused-ring (bicyclic) bond motifs is 1. The Bertz CT molecular complexity index is 1690. The molecule has 8 heteroatoms. The first-order valence-electron chi connectivity index (χ1n) is 17.5. The normalized spacial score (nSPS) is 16.0. The van der Waals surface area contributed by atoms with Crippen LogP contribution in [0, 0.1) is 0 Å². The zero-order chi connectivity index (χ0) is 33.2. The first kappa shape index (κ1) is 34.8. The van der Waals surface area contributed by atoms with Crippen LogP contribution in [0.3, 0.4) is 0 Å². The second-order valence-electron chi connectivity index (χ2n) is 12.5. The predicted molar refractivity (Wildman–Crippen MR) is 195 cm³/mol. The number of benzene rings is 3. The molecule has 1 aliphatic rings. The van der Waals surface area contributed by atoms with Gasteiger partial charge in [0, 0.05) is 35.6 Å². The van der Waals surface area contributed by atoms with Gasteiger partial charge in [-0.05, 0) is 100 Å². The van der Waals surface area contributed by atoms with Crippen molar-refractivity contribution in [1.82, 2.24) is 14.9 Å². The van der Waals surface area contributed by atoms with Crippen LogP contribution in [0.4, 0.5) is 0 Å². The van der Waals surface area contributed by atoms with E-state index in [-0.39, 0.29) is 5.97 Å². The molecule has 2 heterocycles. The molecule has 3 N–H and O–H groups in total. The SMILES string of the molecule is CCOC(=O)c1c(CCCOc2cccc3ccccc23)c2ccc(Cl)c3c2n1CCCCNCCCCCC/C3=C(/CC)N(C)N. The van der Waals surface area contributed by atoms with Crippen LogP contribution in [0.15, 0.2) is 60.3 Å². The van der Waals surface area contributed by atoms with Gasteiger partial charge in [-0.15, -0.1) is 0 Å². The highest BCUT2D eigenvalue weighted by atomic mass is 35.5. The molecule has 252 valence electrons. The van der Waals surface area contributed by atoms with Gasteiger partial charge in [0.2, 0.25) is 0 Å². The number of carbonyl (C=O) groups is 1. The molecular formula is C39H51ClN4O3. The number of halogens is 1. The van der Waals surface area contributed by atoms with Crippen molar-refractivity contribution in [3.8, 4) is 5.75 Å². The molecular weight excluding hydrogens is 608 g/mol. The van der Waals surface area contributed by atoms with Crippen LogP contribution in [0.2, 0.25) is 5.02 Å². The van der Waals surface area contributed by atoms with Crippen molar-refractivity contribution >= 4 is 44.8 Å². The van der Waals surface area contributed by atoms with E-state index in [9.17, 15) is 4.79 Å². The molecule has 4 aromatic rings. The lowest BCUT2D eigenvalue weighted by Gasteiger charge is -2.23. The third-order valence-electron chi connectivity index (χ3n) is 9.25. The summed E-state index contributed by atoms with van der Waals surface area (Å²) >= 11 is 7.18. The van der Waals surface area contributed by atoms with Crippen LogP contribution in [0.1, 0.15) is 93.3 Å². The zero-order valence-corrected chi connectivity index (χ0v) is 29.1. The van der Waals surface area contributed by atoms with Crippen molar-refractivity contribution in [2.75, 3.05) is 33.4 Å². The second-order valence-corrected chi connectivity index (χ2v) is 12.9. The number of hydrogen-bond donors (Lipinski definition) is 2. The Morgan fingerprint density at radius 3 is 2.51 bits per heavy atom. The van der Waals surface area contributed by atoms with Crippen LogP contribution >= 0.6 is 11.6 Å². The maximum atomic E-state index is 13.9. The molecule has 1 aliphatic heterocycles. The predicted octanol–water partition coefficient (Wildman–Crippen LogP) is 8.90. The molecule has 0 aliphatic carbocycles. The van der Waals surface area contributed by atoms with E-state index in [1.165, 1.54) is 18.4 Å². The molecule has 3 aromatic carbocycles. The summed E-state index contributed by atoms with van der Waals surface area (Å²) in [7, 11) is 1.91. The van der Waals surface area contributed by atoms with Gasteiger partial charge < -0.3 is 24.4 Å². The molecule has 0 fully saturated rings. The Balaban J connectivity index is 1.61. The van der Waals surface area contributed by atoms with Crippen molar-refractivity contribution in [3.63, 3.8) is 0 Å². The van der Waals surface area contributed by atoms with Crippen molar-refractivity contribution in [2.24, 2.45) is 5.84 Å². The van der Waals surface area contributed by atoms with Crippen LogP contribution in [0.25, 0.3) is 27.2 Å². The number of nitrogens with zero attached hydrogens (tertiary/aromatic N) is 2. The standard InChI is InChI=1S/C39H51ClN4O3/c1-4-34(43(3)41)32-19-8-6-7-11-24-42-25-12-13-26-44-37-31(22-23-33(40)36(32)37)30(38(44)39(45)46-5-2)20-15-27-47-35-21-14-17-28-16-9-10-18-29(28)35/h9-10,14,16-18,21-23,42H,4-8,11-13,15,19-20,24-27,41H2,1-3H3/b34-32+. The average Bonchev–Trinajstić information content (AvgIpc) is 3.37. The first-order chi connectivity index (χ1) is 23.0. The molecule has 1 aromatic heterocycles. The number of aromatic nitrogens is 1. The molecule has 0 spiro atoms. The van der Waals surface area contributed by atoms with E-state index in [2.05, 4.69) is 41.1 Å². The van der Waals surface area contributed by atoms with E-state index in [4.69, 9.17) is 26.9 Å². The minimum atomic E-state index is -0.288. The van der Waals surface area contributed by atoms with E-state index in [1.54, 1.807) is 5.01 Å². The fourth-order valence-corrected chi connectivity index (χ4v) is 7.35. The molecule has 0 radical (unpaired) electrons. The van der Waals surface area contributed by atoms with Crippen LogP contribution in [-0.4, -0.2) is 48.9 Å². The lowest BCUT2D eigenvalue weighted by molar-refractivity contribution is 0.0512. The van der Waals surface area contributed by atoms with E-state index >= 15 is 0 Å². The first-order valence-corrected chi connectivity index (χ1v) is 17.9. The van der Waals surface area contributed by atoms with Gasteiger partial charge in [0.15, 0.2) is 0 Å². The molecule has 5 rings (SSSR count). The van der Waals surface area contributed by atoms with E-state index < -0.39 is 0 Å². The topological polar surface area (TPSA) is 81.8 Å². The second kappa shape index (κ2) is 17.0. The van der Waals surface area contributed by atoms with E-state index in [0.717, 1.165) is 102 Å². The third-order valence-corrected chi connectivity index (χ3v) is 9.57. The molecule has 47 heavy (non-hydrogen) atoms. The highest BCUT2D eigenvalue weighted by Crippen LogP contribution is 2.41. The number of rotatable bonds is 9. The highest BCUT2D eigenvalue weighted by molar-refractivity contribution is 6.33. The zero-order valence-electron chi connectivity index (χ0n) is 28.4. The molecule has 0 bridgehead atoms.